The fourth-order valence-corrected chi connectivity index (χ4v) is 3.25. The third-order valence-corrected chi connectivity index (χ3v) is 4.90. The normalized spacial score (nSPS) is 11.6. The maximum absolute atomic E-state index is 12.9. The lowest BCUT2D eigenvalue weighted by Crippen LogP contribution is -2.30. The zero-order chi connectivity index (χ0) is 21.5. The number of rotatable bonds is 8. The Bertz CT molecular complexity index is 1020. The van der Waals surface area contributed by atoms with Gasteiger partial charge in [-0.25, -0.2) is 0 Å². The average molecular weight is 422 g/mol. The number of halogens is 1. The van der Waals surface area contributed by atoms with Gasteiger partial charge in [-0.3, -0.25) is 9.59 Å². The quantitative estimate of drug-likeness (QED) is 0.458. The summed E-state index contributed by atoms with van der Waals surface area (Å²) in [4.78, 5) is 25.6. The molecule has 0 aliphatic carbocycles. The topological polar surface area (TPSA) is 55.4 Å². The lowest BCUT2D eigenvalue weighted by molar-refractivity contribution is -0.122. The van der Waals surface area contributed by atoms with Crippen molar-refractivity contribution in [3.8, 4) is 5.75 Å². The second-order valence-electron chi connectivity index (χ2n) is 7.03. The zero-order valence-electron chi connectivity index (χ0n) is 17.0. The minimum atomic E-state index is -0.739. The summed E-state index contributed by atoms with van der Waals surface area (Å²) >= 11 is 6.10. The molecule has 0 aliphatic heterocycles. The van der Waals surface area contributed by atoms with Gasteiger partial charge in [0.15, 0.2) is 11.9 Å². The Balaban J connectivity index is 1.73. The third-order valence-electron chi connectivity index (χ3n) is 4.66. The number of hydrogen-bond acceptors (Lipinski definition) is 3. The van der Waals surface area contributed by atoms with Crippen molar-refractivity contribution < 1.29 is 14.3 Å². The number of carbonyl (C=O) groups is 2. The van der Waals surface area contributed by atoms with Crippen LogP contribution in [0.5, 0.6) is 5.75 Å². The standard InChI is InChI=1S/C25H24ClNO3/c1-3-7-18-10-13-21(14-11-18)30-17(2)25(29)27-23-15-12-20(26)16-22(23)24(28)19-8-5-4-6-9-19/h4-6,8-17H,3,7H2,1-2H3,(H,27,29). The van der Waals surface area contributed by atoms with Crippen molar-refractivity contribution in [2.75, 3.05) is 5.32 Å². The van der Waals surface area contributed by atoms with E-state index >= 15 is 0 Å². The Kier molecular flexibility index (Phi) is 7.26. The van der Waals surface area contributed by atoms with Crippen molar-refractivity contribution in [1.29, 1.82) is 0 Å². The van der Waals surface area contributed by atoms with Gasteiger partial charge in [-0.1, -0.05) is 67.4 Å². The minimum absolute atomic E-state index is 0.214. The van der Waals surface area contributed by atoms with Crippen molar-refractivity contribution in [3.63, 3.8) is 0 Å². The molecule has 1 unspecified atom stereocenters. The summed E-state index contributed by atoms with van der Waals surface area (Å²) in [6.07, 6.45) is 1.34. The Morgan fingerprint density at radius 3 is 2.37 bits per heavy atom. The third kappa shape index (κ3) is 5.49. The van der Waals surface area contributed by atoms with Crippen molar-refractivity contribution in [1.82, 2.24) is 0 Å². The van der Waals surface area contributed by atoms with E-state index in [1.807, 2.05) is 30.3 Å². The Morgan fingerprint density at radius 2 is 1.70 bits per heavy atom. The van der Waals surface area contributed by atoms with Gasteiger partial charge >= 0.3 is 0 Å². The molecule has 0 spiro atoms. The Labute approximate surface area is 181 Å². The molecule has 154 valence electrons. The molecule has 3 rings (SSSR count). The molecule has 0 saturated carbocycles. The fourth-order valence-electron chi connectivity index (χ4n) is 3.07. The van der Waals surface area contributed by atoms with Crippen LogP contribution >= 0.6 is 11.6 Å². The van der Waals surface area contributed by atoms with E-state index in [-0.39, 0.29) is 11.7 Å². The van der Waals surface area contributed by atoms with Gasteiger partial charge in [0.1, 0.15) is 5.75 Å². The number of benzene rings is 3. The molecule has 3 aromatic rings. The van der Waals surface area contributed by atoms with Gasteiger partial charge in [-0.05, 0) is 49.2 Å². The smallest absolute Gasteiger partial charge is 0.265 e. The molecule has 0 fully saturated rings. The first-order chi connectivity index (χ1) is 14.5. The first-order valence-electron chi connectivity index (χ1n) is 9.93. The van der Waals surface area contributed by atoms with E-state index in [0.717, 1.165) is 12.8 Å². The molecule has 0 bridgehead atoms. The van der Waals surface area contributed by atoms with Crippen LogP contribution in [0, 0.1) is 0 Å². The molecule has 0 radical (unpaired) electrons. The highest BCUT2D eigenvalue weighted by atomic mass is 35.5. The maximum Gasteiger partial charge on any atom is 0.265 e. The monoisotopic (exact) mass is 421 g/mol. The fraction of sp³-hybridized carbons (Fsp3) is 0.200. The first kappa shape index (κ1) is 21.6. The van der Waals surface area contributed by atoms with E-state index in [4.69, 9.17) is 16.3 Å². The number of ketones is 1. The number of amides is 1. The highest BCUT2D eigenvalue weighted by molar-refractivity contribution is 6.31. The summed E-state index contributed by atoms with van der Waals surface area (Å²) < 4.78 is 5.77. The van der Waals surface area contributed by atoms with Gasteiger partial charge in [0.05, 0.1) is 5.69 Å². The van der Waals surface area contributed by atoms with Gasteiger partial charge < -0.3 is 10.1 Å². The molecular weight excluding hydrogens is 398 g/mol. The van der Waals surface area contributed by atoms with Gasteiger partial charge in [0, 0.05) is 16.1 Å². The van der Waals surface area contributed by atoms with Gasteiger partial charge in [-0.15, -0.1) is 0 Å². The summed E-state index contributed by atoms with van der Waals surface area (Å²) in [7, 11) is 0. The molecule has 30 heavy (non-hydrogen) atoms. The average Bonchev–Trinajstić information content (AvgIpc) is 2.76. The lowest BCUT2D eigenvalue weighted by Gasteiger charge is -2.17. The van der Waals surface area contributed by atoms with Crippen LogP contribution in [0.2, 0.25) is 5.02 Å². The number of anilines is 1. The number of aryl methyl sites for hydroxylation is 1. The van der Waals surface area contributed by atoms with E-state index in [1.165, 1.54) is 5.56 Å². The van der Waals surface area contributed by atoms with Crippen molar-refractivity contribution in [2.45, 2.75) is 32.8 Å². The SMILES string of the molecule is CCCc1ccc(OC(C)C(=O)Nc2ccc(Cl)cc2C(=O)c2ccccc2)cc1. The second kappa shape index (κ2) is 10.1. The molecule has 0 aromatic heterocycles. The largest absolute Gasteiger partial charge is 0.481 e. The minimum Gasteiger partial charge on any atom is -0.481 e. The predicted octanol–water partition coefficient (Wildman–Crippen LogP) is 5.93. The van der Waals surface area contributed by atoms with Crippen molar-refractivity contribution in [3.05, 3.63) is 94.5 Å². The van der Waals surface area contributed by atoms with Crippen LogP contribution in [0.3, 0.4) is 0 Å². The molecule has 0 saturated heterocycles. The lowest BCUT2D eigenvalue weighted by atomic mass is 10.0. The molecule has 3 aromatic carbocycles. The Hall–Kier alpha value is -3.11. The zero-order valence-corrected chi connectivity index (χ0v) is 17.8. The van der Waals surface area contributed by atoms with E-state index in [1.54, 1.807) is 49.4 Å². The van der Waals surface area contributed by atoms with Crippen LogP contribution in [-0.2, 0) is 11.2 Å². The molecule has 1 N–H and O–H groups in total. The van der Waals surface area contributed by atoms with Crippen LogP contribution in [0.15, 0.2) is 72.8 Å². The Morgan fingerprint density at radius 1 is 1.00 bits per heavy atom. The number of ether oxygens (including phenoxy) is 1. The second-order valence-corrected chi connectivity index (χ2v) is 7.46. The summed E-state index contributed by atoms with van der Waals surface area (Å²) in [5, 5.41) is 3.22. The van der Waals surface area contributed by atoms with Crippen molar-refractivity contribution in [2.24, 2.45) is 0 Å². The highest BCUT2D eigenvalue weighted by Gasteiger charge is 2.20. The number of carbonyl (C=O) groups excluding carboxylic acids is 2. The summed E-state index contributed by atoms with van der Waals surface area (Å²) in [6, 6.07) is 21.4. The molecule has 0 heterocycles. The van der Waals surface area contributed by atoms with E-state index in [2.05, 4.69) is 12.2 Å². The molecular formula is C25H24ClNO3. The molecule has 1 amide bonds. The van der Waals surface area contributed by atoms with Crippen LogP contribution in [0.1, 0.15) is 41.8 Å². The van der Waals surface area contributed by atoms with Gasteiger partial charge in [0.2, 0.25) is 0 Å². The van der Waals surface area contributed by atoms with Crippen LogP contribution < -0.4 is 10.1 Å². The van der Waals surface area contributed by atoms with E-state index < -0.39 is 6.10 Å². The molecule has 4 nitrogen and oxygen atoms in total. The predicted molar refractivity (Wildman–Crippen MR) is 120 cm³/mol. The summed E-state index contributed by atoms with van der Waals surface area (Å²) in [5.41, 5.74) is 2.48. The highest BCUT2D eigenvalue weighted by Crippen LogP contribution is 2.24. The van der Waals surface area contributed by atoms with Crippen LogP contribution in [0.4, 0.5) is 5.69 Å². The van der Waals surface area contributed by atoms with Gasteiger partial charge in [-0.2, -0.15) is 0 Å². The molecule has 5 heteroatoms. The summed E-state index contributed by atoms with van der Waals surface area (Å²) in [5.74, 6) is 0.0553. The van der Waals surface area contributed by atoms with Crippen molar-refractivity contribution >= 4 is 29.0 Å². The number of nitrogens with one attached hydrogen (secondary N) is 1. The van der Waals surface area contributed by atoms with Crippen LogP contribution in [-0.4, -0.2) is 17.8 Å². The first-order valence-corrected chi connectivity index (χ1v) is 10.3. The molecule has 1 atom stereocenters. The molecule has 0 aliphatic rings. The van der Waals surface area contributed by atoms with E-state index in [9.17, 15) is 9.59 Å². The maximum atomic E-state index is 12.9. The number of hydrogen-bond donors (Lipinski definition) is 1. The van der Waals surface area contributed by atoms with Crippen LogP contribution in [0.25, 0.3) is 0 Å². The summed E-state index contributed by atoms with van der Waals surface area (Å²) in [6.45, 7) is 3.80. The van der Waals surface area contributed by atoms with E-state index in [0.29, 0.717) is 27.6 Å². The van der Waals surface area contributed by atoms with Gasteiger partial charge in [0.25, 0.3) is 5.91 Å².